The Morgan fingerprint density at radius 2 is 2.17 bits per heavy atom. The zero-order valence-corrected chi connectivity index (χ0v) is 14.6. The maximum atomic E-state index is 12.6. The van der Waals surface area contributed by atoms with E-state index in [2.05, 4.69) is 5.32 Å². The fraction of sp³-hybridized carbons (Fsp3) is 0.368. The third-order valence-corrected chi connectivity index (χ3v) is 4.69. The van der Waals surface area contributed by atoms with Crippen LogP contribution < -0.4 is 5.32 Å². The normalized spacial score (nSPS) is 20.6. The fourth-order valence-corrected chi connectivity index (χ4v) is 3.68. The quantitative estimate of drug-likeness (QED) is 0.845. The molecule has 4 nitrogen and oxygen atoms in total. The predicted molar refractivity (Wildman–Crippen MR) is 92.5 cm³/mol. The van der Waals surface area contributed by atoms with Gasteiger partial charge in [-0.2, -0.15) is 0 Å². The third-order valence-electron chi connectivity index (χ3n) is 4.45. The van der Waals surface area contributed by atoms with Crippen LogP contribution in [0.5, 0.6) is 0 Å². The number of esters is 1. The molecule has 5 heteroatoms. The van der Waals surface area contributed by atoms with Crippen molar-refractivity contribution in [1.82, 2.24) is 5.32 Å². The molecule has 0 saturated heterocycles. The Bertz CT molecular complexity index is 764. The largest absolute Gasteiger partial charge is 0.463 e. The van der Waals surface area contributed by atoms with Gasteiger partial charge in [0.05, 0.1) is 12.2 Å². The number of ketones is 1. The maximum absolute atomic E-state index is 12.6. The molecule has 1 atom stereocenters. The summed E-state index contributed by atoms with van der Waals surface area (Å²) in [6.07, 6.45) is 2.15. The van der Waals surface area contributed by atoms with Gasteiger partial charge in [-0.15, -0.1) is 0 Å². The van der Waals surface area contributed by atoms with Gasteiger partial charge in [-0.3, -0.25) is 4.79 Å². The van der Waals surface area contributed by atoms with E-state index in [0.717, 1.165) is 29.8 Å². The van der Waals surface area contributed by atoms with Gasteiger partial charge in [0.25, 0.3) is 0 Å². The van der Waals surface area contributed by atoms with E-state index >= 15 is 0 Å². The van der Waals surface area contributed by atoms with Gasteiger partial charge in [-0.05, 0) is 44.4 Å². The average Bonchev–Trinajstić information content (AvgIpc) is 2.54. The Hall–Kier alpha value is -2.07. The highest BCUT2D eigenvalue weighted by Gasteiger charge is 2.38. The van der Waals surface area contributed by atoms with E-state index in [0.29, 0.717) is 22.6 Å². The molecule has 0 radical (unpaired) electrons. The standard InChI is InChI=1S/C19H20ClNO3/c1-3-24-19(23)16-11(2)21-14-8-5-9-15(22)18(14)17(16)12-6-4-7-13(20)10-12/h4,6-7,10,17,21H,3,5,8-9H2,1-2H3/t17-/m0/s1. The van der Waals surface area contributed by atoms with Crippen LogP contribution in [0.1, 0.15) is 44.6 Å². The Labute approximate surface area is 146 Å². The summed E-state index contributed by atoms with van der Waals surface area (Å²) in [6, 6.07) is 7.34. The highest BCUT2D eigenvalue weighted by Crippen LogP contribution is 2.42. The summed E-state index contributed by atoms with van der Waals surface area (Å²) in [7, 11) is 0. The number of halogens is 1. The summed E-state index contributed by atoms with van der Waals surface area (Å²) in [5.74, 6) is -0.729. The molecule has 126 valence electrons. The Balaban J connectivity index is 2.17. The lowest BCUT2D eigenvalue weighted by atomic mass is 9.75. The molecule has 0 bridgehead atoms. The van der Waals surface area contributed by atoms with E-state index in [1.165, 1.54) is 0 Å². The third kappa shape index (κ3) is 2.98. The Morgan fingerprint density at radius 1 is 1.38 bits per heavy atom. The summed E-state index contributed by atoms with van der Waals surface area (Å²) < 4.78 is 5.25. The second-order valence-electron chi connectivity index (χ2n) is 6.04. The molecular formula is C19H20ClNO3. The number of hydrogen-bond donors (Lipinski definition) is 1. The number of ether oxygens (including phenoxy) is 1. The summed E-state index contributed by atoms with van der Waals surface area (Å²) >= 11 is 6.15. The number of benzene rings is 1. The van der Waals surface area contributed by atoms with E-state index in [-0.39, 0.29) is 12.4 Å². The van der Waals surface area contributed by atoms with Gasteiger partial charge in [-0.25, -0.2) is 4.79 Å². The summed E-state index contributed by atoms with van der Waals surface area (Å²) in [4.78, 5) is 25.2. The monoisotopic (exact) mass is 345 g/mol. The van der Waals surface area contributed by atoms with Gasteiger partial charge < -0.3 is 10.1 Å². The van der Waals surface area contributed by atoms with Gasteiger partial charge in [0.15, 0.2) is 5.78 Å². The second kappa shape index (κ2) is 6.81. The average molecular weight is 346 g/mol. The maximum Gasteiger partial charge on any atom is 0.336 e. The molecule has 0 fully saturated rings. The molecule has 24 heavy (non-hydrogen) atoms. The predicted octanol–water partition coefficient (Wildman–Crippen LogP) is 3.87. The number of dihydropyridines is 1. The molecule has 1 aromatic rings. The van der Waals surface area contributed by atoms with Gasteiger partial charge in [0.2, 0.25) is 0 Å². The summed E-state index contributed by atoms with van der Waals surface area (Å²) in [5, 5.41) is 3.84. The van der Waals surface area contributed by atoms with Crippen LogP contribution in [0.15, 0.2) is 46.8 Å². The van der Waals surface area contributed by atoms with Crippen molar-refractivity contribution in [3.05, 3.63) is 57.4 Å². The van der Waals surface area contributed by atoms with E-state index in [1.807, 2.05) is 25.1 Å². The molecule has 0 spiro atoms. The minimum absolute atomic E-state index is 0.0861. The number of carbonyl (C=O) groups excluding carboxylic acids is 2. The van der Waals surface area contributed by atoms with Crippen LogP contribution in [0.3, 0.4) is 0 Å². The van der Waals surface area contributed by atoms with Crippen molar-refractivity contribution < 1.29 is 14.3 Å². The SMILES string of the molecule is CCOC(=O)C1=C(C)NC2=C(C(=O)CCC2)[C@H]1c1cccc(Cl)c1. The Morgan fingerprint density at radius 3 is 2.88 bits per heavy atom. The van der Waals surface area contributed by atoms with Gasteiger partial charge in [-0.1, -0.05) is 23.7 Å². The van der Waals surface area contributed by atoms with Crippen LogP contribution >= 0.6 is 11.6 Å². The van der Waals surface area contributed by atoms with Crippen LogP contribution in [0.25, 0.3) is 0 Å². The smallest absolute Gasteiger partial charge is 0.336 e. The van der Waals surface area contributed by atoms with Crippen molar-refractivity contribution >= 4 is 23.4 Å². The minimum atomic E-state index is -0.424. The fourth-order valence-electron chi connectivity index (χ4n) is 3.48. The zero-order chi connectivity index (χ0) is 17.3. The highest BCUT2D eigenvalue weighted by atomic mass is 35.5. The Kier molecular flexibility index (Phi) is 4.76. The van der Waals surface area contributed by atoms with Crippen molar-refractivity contribution in [3.63, 3.8) is 0 Å². The summed E-state index contributed by atoms with van der Waals surface area (Å²) in [6.45, 7) is 3.92. The van der Waals surface area contributed by atoms with Crippen LogP contribution in [0, 0.1) is 0 Å². The van der Waals surface area contributed by atoms with Gasteiger partial charge in [0.1, 0.15) is 0 Å². The molecule has 0 amide bonds. The number of allylic oxidation sites excluding steroid dienone is 3. The van der Waals surface area contributed by atoms with Crippen molar-refractivity contribution in [1.29, 1.82) is 0 Å². The van der Waals surface area contributed by atoms with Gasteiger partial charge in [0, 0.05) is 34.3 Å². The molecule has 3 rings (SSSR count). The van der Waals surface area contributed by atoms with E-state index in [9.17, 15) is 9.59 Å². The van der Waals surface area contributed by atoms with Crippen LogP contribution in [0.2, 0.25) is 5.02 Å². The van der Waals surface area contributed by atoms with Crippen LogP contribution in [0.4, 0.5) is 0 Å². The highest BCUT2D eigenvalue weighted by molar-refractivity contribution is 6.30. The summed E-state index contributed by atoms with van der Waals surface area (Å²) in [5.41, 5.74) is 3.67. The molecule has 1 heterocycles. The topological polar surface area (TPSA) is 55.4 Å². The number of Topliss-reactive ketones (excluding diaryl/α,β-unsaturated/α-hetero) is 1. The number of rotatable bonds is 3. The van der Waals surface area contributed by atoms with E-state index in [4.69, 9.17) is 16.3 Å². The minimum Gasteiger partial charge on any atom is -0.463 e. The van der Waals surface area contributed by atoms with E-state index in [1.54, 1.807) is 13.0 Å². The molecule has 1 aliphatic heterocycles. The molecule has 1 aromatic carbocycles. The zero-order valence-electron chi connectivity index (χ0n) is 13.8. The van der Waals surface area contributed by atoms with Gasteiger partial charge >= 0.3 is 5.97 Å². The van der Waals surface area contributed by atoms with Crippen LogP contribution in [-0.4, -0.2) is 18.4 Å². The molecular weight excluding hydrogens is 326 g/mol. The van der Waals surface area contributed by atoms with Crippen LogP contribution in [-0.2, 0) is 14.3 Å². The van der Waals surface area contributed by atoms with Crippen molar-refractivity contribution in [2.45, 2.75) is 39.0 Å². The number of nitrogens with one attached hydrogen (secondary N) is 1. The van der Waals surface area contributed by atoms with Crippen molar-refractivity contribution in [2.75, 3.05) is 6.61 Å². The number of hydrogen-bond acceptors (Lipinski definition) is 4. The lowest BCUT2D eigenvalue weighted by molar-refractivity contribution is -0.138. The van der Waals surface area contributed by atoms with Crippen molar-refractivity contribution in [2.24, 2.45) is 0 Å². The lowest BCUT2D eigenvalue weighted by Gasteiger charge is -2.34. The van der Waals surface area contributed by atoms with E-state index < -0.39 is 11.9 Å². The molecule has 1 N–H and O–H groups in total. The molecule has 0 aromatic heterocycles. The molecule has 0 unspecified atom stereocenters. The first-order chi connectivity index (χ1) is 11.5. The first-order valence-electron chi connectivity index (χ1n) is 8.19. The number of carbonyl (C=O) groups is 2. The second-order valence-corrected chi connectivity index (χ2v) is 6.48. The van der Waals surface area contributed by atoms with Crippen molar-refractivity contribution in [3.8, 4) is 0 Å². The first-order valence-corrected chi connectivity index (χ1v) is 8.57. The first kappa shape index (κ1) is 16.8. The molecule has 1 aliphatic carbocycles. The molecule has 0 saturated carbocycles. The lowest BCUT2D eigenvalue weighted by Crippen LogP contribution is -2.34. The molecule has 2 aliphatic rings.